The Hall–Kier alpha value is -1.52. The van der Waals surface area contributed by atoms with Crippen LogP contribution in [0.4, 0.5) is 5.69 Å². The lowest BCUT2D eigenvalue weighted by Crippen LogP contribution is -2.58. The molecule has 2 fully saturated rings. The minimum atomic E-state index is -3.51. The zero-order valence-electron chi connectivity index (χ0n) is 16.7. The first-order valence-electron chi connectivity index (χ1n) is 9.78. The third-order valence-electron chi connectivity index (χ3n) is 5.28. The summed E-state index contributed by atoms with van der Waals surface area (Å²) >= 11 is 0. The molecule has 0 unspecified atom stereocenters. The van der Waals surface area contributed by atoms with E-state index in [1.54, 1.807) is 0 Å². The van der Waals surface area contributed by atoms with Crippen LogP contribution in [0.25, 0.3) is 0 Å². The van der Waals surface area contributed by atoms with Crippen molar-refractivity contribution in [2.24, 2.45) is 0 Å². The molecule has 0 aromatic heterocycles. The Bertz CT molecular complexity index is 755. The monoisotopic (exact) mass is 410 g/mol. The second-order valence-electron chi connectivity index (χ2n) is 7.55. The Kier molecular flexibility index (Phi) is 6.72. The van der Waals surface area contributed by atoms with Gasteiger partial charge in [-0.3, -0.25) is 9.69 Å². The fourth-order valence-corrected chi connectivity index (χ4v) is 5.49. The maximum atomic E-state index is 13.0. The molecule has 0 aliphatic carbocycles. The van der Waals surface area contributed by atoms with Crippen LogP contribution in [0, 0.1) is 0 Å². The molecule has 2 aliphatic heterocycles. The first-order chi connectivity index (χ1) is 13.3. The molecule has 3 atom stereocenters. The highest BCUT2D eigenvalue weighted by atomic mass is 32.2. The molecule has 0 radical (unpaired) electrons. The summed E-state index contributed by atoms with van der Waals surface area (Å²) in [4.78, 5) is 14.5. The van der Waals surface area contributed by atoms with Crippen molar-refractivity contribution in [1.29, 1.82) is 0 Å². The van der Waals surface area contributed by atoms with Crippen LogP contribution in [0.15, 0.2) is 30.3 Å². The molecule has 0 bridgehead atoms. The first-order valence-corrected chi connectivity index (χ1v) is 11.2. The van der Waals surface area contributed by atoms with Crippen LogP contribution in [0.3, 0.4) is 0 Å². The molecule has 1 amide bonds. The molecule has 1 aromatic carbocycles. The largest absolute Gasteiger partial charge is 0.373 e. The predicted molar refractivity (Wildman–Crippen MR) is 108 cm³/mol. The van der Waals surface area contributed by atoms with Gasteiger partial charge in [-0.25, -0.2) is 0 Å². The van der Waals surface area contributed by atoms with Gasteiger partial charge in [-0.1, -0.05) is 18.2 Å². The predicted octanol–water partition coefficient (Wildman–Crippen LogP) is 0.985. The highest BCUT2D eigenvalue weighted by Gasteiger charge is 2.37. The van der Waals surface area contributed by atoms with E-state index in [0.717, 1.165) is 5.69 Å². The van der Waals surface area contributed by atoms with Crippen molar-refractivity contribution in [3.63, 3.8) is 0 Å². The number of ether oxygens (including phenoxy) is 1. The summed E-state index contributed by atoms with van der Waals surface area (Å²) in [5.41, 5.74) is 0.760. The van der Waals surface area contributed by atoms with Crippen LogP contribution < -0.4 is 5.32 Å². The Morgan fingerprint density at radius 1 is 1.04 bits per heavy atom. The fourth-order valence-electron chi connectivity index (χ4n) is 3.74. The van der Waals surface area contributed by atoms with Gasteiger partial charge in [-0.15, -0.1) is 0 Å². The van der Waals surface area contributed by atoms with Gasteiger partial charge in [0.2, 0.25) is 5.91 Å². The molecule has 3 rings (SSSR count). The lowest BCUT2D eigenvalue weighted by Gasteiger charge is -2.41. The number of morpholine rings is 1. The number of carbonyl (C=O) groups is 1. The van der Waals surface area contributed by atoms with Crippen LogP contribution in [0.5, 0.6) is 0 Å². The summed E-state index contributed by atoms with van der Waals surface area (Å²) < 4.78 is 34.7. The van der Waals surface area contributed by atoms with Crippen molar-refractivity contribution in [3.05, 3.63) is 30.3 Å². The van der Waals surface area contributed by atoms with Gasteiger partial charge in [-0.2, -0.15) is 17.0 Å². The van der Waals surface area contributed by atoms with Gasteiger partial charge in [0.15, 0.2) is 0 Å². The molecule has 28 heavy (non-hydrogen) atoms. The number of benzene rings is 1. The summed E-state index contributed by atoms with van der Waals surface area (Å²) in [5.74, 6) is -0.0849. The maximum absolute atomic E-state index is 13.0. The summed E-state index contributed by atoms with van der Waals surface area (Å²) in [5, 5.41) is 2.91. The summed E-state index contributed by atoms with van der Waals surface area (Å²) in [7, 11) is -3.51. The fraction of sp³-hybridized carbons (Fsp3) is 0.632. The Balaban J connectivity index is 1.55. The normalized spacial score (nSPS) is 26.7. The number of nitrogens with one attached hydrogen (secondary N) is 1. The van der Waals surface area contributed by atoms with E-state index < -0.39 is 10.2 Å². The number of anilines is 1. The Morgan fingerprint density at radius 3 is 2.18 bits per heavy atom. The molecule has 1 N–H and O–H groups in total. The lowest BCUT2D eigenvalue weighted by atomic mass is 10.2. The molecular formula is C19H30N4O4S. The van der Waals surface area contributed by atoms with Gasteiger partial charge >= 0.3 is 0 Å². The Morgan fingerprint density at radius 2 is 1.61 bits per heavy atom. The number of carbonyl (C=O) groups excluding carboxylic acids is 1. The number of rotatable bonds is 5. The van der Waals surface area contributed by atoms with Crippen LogP contribution in [-0.4, -0.2) is 85.4 Å². The van der Waals surface area contributed by atoms with Crippen molar-refractivity contribution < 1.29 is 17.9 Å². The van der Waals surface area contributed by atoms with Crippen molar-refractivity contribution in [1.82, 2.24) is 13.5 Å². The number of amides is 1. The number of para-hydroxylation sites is 1. The van der Waals surface area contributed by atoms with Crippen molar-refractivity contribution in [3.8, 4) is 0 Å². The molecule has 0 saturated carbocycles. The smallest absolute Gasteiger partial charge is 0.282 e. The molecular weight excluding hydrogens is 380 g/mol. The van der Waals surface area contributed by atoms with E-state index in [1.807, 2.05) is 56.0 Å². The minimum absolute atomic E-state index is 0.0849. The zero-order valence-corrected chi connectivity index (χ0v) is 17.6. The molecule has 1 aromatic rings. The Labute approximate surface area is 167 Å². The maximum Gasteiger partial charge on any atom is 0.282 e. The molecule has 8 nitrogen and oxygen atoms in total. The lowest BCUT2D eigenvalue weighted by molar-refractivity contribution is -0.121. The zero-order chi connectivity index (χ0) is 20.3. The topological polar surface area (TPSA) is 82.2 Å². The van der Waals surface area contributed by atoms with Gasteiger partial charge in [0, 0.05) is 45.0 Å². The third kappa shape index (κ3) is 4.90. The van der Waals surface area contributed by atoms with E-state index in [-0.39, 0.29) is 24.2 Å². The van der Waals surface area contributed by atoms with E-state index in [4.69, 9.17) is 4.74 Å². The third-order valence-corrected chi connectivity index (χ3v) is 7.25. The average molecular weight is 411 g/mol. The van der Waals surface area contributed by atoms with Crippen LogP contribution in [0.2, 0.25) is 0 Å². The van der Waals surface area contributed by atoms with E-state index in [0.29, 0.717) is 39.3 Å². The highest BCUT2D eigenvalue weighted by Crippen LogP contribution is 2.19. The standard InChI is InChI=1S/C19H30N4O4S/c1-15-13-23(14-16(2)27-15)28(25,26)22-11-9-21(10-12-22)17(3)19(24)20-18-7-5-4-6-8-18/h4-8,15-17H,9-14H2,1-3H3,(H,20,24)/t15-,16-,17+/m1/s1. The molecule has 2 saturated heterocycles. The van der Waals surface area contributed by atoms with Crippen molar-refractivity contribution in [2.45, 2.75) is 39.0 Å². The molecule has 156 valence electrons. The quantitative estimate of drug-likeness (QED) is 0.783. The molecule has 2 heterocycles. The summed E-state index contributed by atoms with van der Waals surface area (Å²) in [6, 6.07) is 9.01. The van der Waals surface area contributed by atoms with E-state index in [9.17, 15) is 13.2 Å². The van der Waals surface area contributed by atoms with Crippen LogP contribution >= 0.6 is 0 Å². The van der Waals surface area contributed by atoms with Crippen LogP contribution in [-0.2, 0) is 19.7 Å². The van der Waals surface area contributed by atoms with E-state index in [1.165, 1.54) is 8.61 Å². The number of nitrogens with zero attached hydrogens (tertiary/aromatic N) is 3. The highest BCUT2D eigenvalue weighted by molar-refractivity contribution is 7.86. The summed E-state index contributed by atoms with van der Waals surface area (Å²) in [6.45, 7) is 8.21. The first kappa shape index (κ1) is 21.2. The number of hydrogen-bond donors (Lipinski definition) is 1. The van der Waals surface area contributed by atoms with Crippen LogP contribution in [0.1, 0.15) is 20.8 Å². The minimum Gasteiger partial charge on any atom is -0.373 e. The molecule has 0 spiro atoms. The van der Waals surface area contributed by atoms with E-state index >= 15 is 0 Å². The van der Waals surface area contributed by atoms with Crippen molar-refractivity contribution in [2.75, 3.05) is 44.6 Å². The molecule has 9 heteroatoms. The van der Waals surface area contributed by atoms with E-state index in [2.05, 4.69) is 5.32 Å². The van der Waals surface area contributed by atoms with Gasteiger partial charge < -0.3 is 10.1 Å². The second-order valence-corrected chi connectivity index (χ2v) is 9.48. The van der Waals surface area contributed by atoms with Crippen molar-refractivity contribution >= 4 is 21.8 Å². The SMILES string of the molecule is C[C@@H]1CN(S(=O)(=O)N2CCN([C@@H](C)C(=O)Nc3ccccc3)CC2)C[C@@H](C)O1. The van der Waals surface area contributed by atoms with Gasteiger partial charge in [0.25, 0.3) is 10.2 Å². The molecule has 2 aliphatic rings. The number of hydrogen-bond acceptors (Lipinski definition) is 5. The van der Waals surface area contributed by atoms with Gasteiger partial charge in [0.1, 0.15) is 0 Å². The number of piperazine rings is 1. The van der Waals surface area contributed by atoms with Gasteiger partial charge in [-0.05, 0) is 32.9 Å². The average Bonchev–Trinajstić information content (AvgIpc) is 2.67. The second kappa shape index (κ2) is 8.87. The summed E-state index contributed by atoms with van der Waals surface area (Å²) in [6.07, 6.45) is -0.219. The van der Waals surface area contributed by atoms with Gasteiger partial charge in [0.05, 0.1) is 18.2 Å².